The second kappa shape index (κ2) is 6.38. The standard InChI is InChI=1S/C18H23N3O4/c1-18(2,3)25-17(24)21-8-6-11(7-9-21)15-13-10-12(16(22)23)4-5-14(13)19-20-15/h4-5,10-11H,6-9H2,1-3H3,(H,19,20)(H,22,23). The second-order valence-electron chi connectivity index (χ2n) is 7.42. The zero-order valence-corrected chi connectivity index (χ0v) is 14.7. The van der Waals surface area contributed by atoms with Gasteiger partial charge in [-0.3, -0.25) is 5.10 Å². The average molecular weight is 345 g/mol. The number of piperidine rings is 1. The number of aromatic amines is 1. The van der Waals surface area contributed by atoms with Crippen LogP contribution >= 0.6 is 0 Å². The minimum Gasteiger partial charge on any atom is -0.478 e. The van der Waals surface area contributed by atoms with Gasteiger partial charge in [-0.15, -0.1) is 0 Å². The van der Waals surface area contributed by atoms with Crippen LogP contribution < -0.4 is 0 Å². The summed E-state index contributed by atoms with van der Waals surface area (Å²) in [6, 6.07) is 4.97. The van der Waals surface area contributed by atoms with Crippen molar-refractivity contribution in [1.82, 2.24) is 15.1 Å². The Morgan fingerprint density at radius 2 is 1.96 bits per heavy atom. The summed E-state index contributed by atoms with van der Waals surface area (Å²) in [5, 5.41) is 17.4. The maximum Gasteiger partial charge on any atom is 0.410 e. The molecule has 7 heteroatoms. The van der Waals surface area contributed by atoms with Crippen LogP contribution in [0.4, 0.5) is 4.79 Å². The van der Waals surface area contributed by atoms with Crippen molar-refractivity contribution in [3.05, 3.63) is 29.5 Å². The Hall–Kier alpha value is -2.57. The maximum atomic E-state index is 12.2. The number of carbonyl (C=O) groups is 2. The van der Waals surface area contributed by atoms with Gasteiger partial charge >= 0.3 is 12.1 Å². The Morgan fingerprint density at radius 3 is 2.56 bits per heavy atom. The van der Waals surface area contributed by atoms with Gasteiger partial charge in [-0.1, -0.05) is 0 Å². The van der Waals surface area contributed by atoms with E-state index in [-0.39, 0.29) is 17.6 Å². The fourth-order valence-electron chi connectivity index (χ4n) is 3.14. The zero-order chi connectivity index (χ0) is 18.2. The van der Waals surface area contributed by atoms with E-state index in [1.54, 1.807) is 23.1 Å². The highest BCUT2D eigenvalue weighted by molar-refractivity contribution is 5.94. The lowest BCUT2D eigenvalue weighted by molar-refractivity contribution is 0.0204. The van der Waals surface area contributed by atoms with E-state index in [0.29, 0.717) is 13.1 Å². The van der Waals surface area contributed by atoms with Crippen molar-refractivity contribution in [2.24, 2.45) is 0 Å². The van der Waals surface area contributed by atoms with Crippen molar-refractivity contribution < 1.29 is 19.4 Å². The summed E-state index contributed by atoms with van der Waals surface area (Å²) in [4.78, 5) is 25.1. The highest BCUT2D eigenvalue weighted by Crippen LogP contribution is 2.32. The van der Waals surface area contributed by atoms with Crippen LogP contribution in [-0.4, -0.2) is 51.0 Å². The van der Waals surface area contributed by atoms with Gasteiger partial charge in [0.05, 0.1) is 16.8 Å². The van der Waals surface area contributed by atoms with Crippen molar-refractivity contribution in [3.8, 4) is 0 Å². The van der Waals surface area contributed by atoms with Crippen LogP contribution in [-0.2, 0) is 4.74 Å². The van der Waals surface area contributed by atoms with Crippen molar-refractivity contribution in [2.75, 3.05) is 13.1 Å². The third kappa shape index (κ3) is 3.75. The molecule has 2 aromatic rings. The lowest BCUT2D eigenvalue weighted by Crippen LogP contribution is -2.41. The number of carboxylic acid groups (broad SMARTS) is 1. The number of rotatable bonds is 2. The number of aromatic carboxylic acids is 1. The largest absolute Gasteiger partial charge is 0.478 e. The van der Waals surface area contributed by atoms with E-state index in [1.165, 1.54) is 0 Å². The summed E-state index contributed by atoms with van der Waals surface area (Å²) in [6.07, 6.45) is 1.26. The lowest BCUT2D eigenvalue weighted by Gasteiger charge is -2.33. The molecule has 1 fully saturated rings. The number of nitrogens with zero attached hydrogens (tertiary/aromatic N) is 2. The molecule has 0 aliphatic carbocycles. The molecule has 0 saturated carbocycles. The van der Waals surface area contributed by atoms with Gasteiger partial charge in [-0.25, -0.2) is 9.59 Å². The first-order valence-corrected chi connectivity index (χ1v) is 8.44. The van der Waals surface area contributed by atoms with Crippen molar-refractivity contribution in [2.45, 2.75) is 45.1 Å². The molecule has 1 aliphatic rings. The van der Waals surface area contributed by atoms with Crippen LogP contribution in [0.5, 0.6) is 0 Å². The summed E-state index contributed by atoms with van der Waals surface area (Å²) in [5.41, 5.74) is 1.46. The highest BCUT2D eigenvalue weighted by atomic mass is 16.6. The number of aromatic nitrogens is 2. The number of benzene rings is 1. The first kappa shape index (κ1) is 17.3. The molecule has 25 heavy (non-hydrogen) atoms. The monoisotopic (exact) mass is 345 g/mol. The van der Waals surface area contributed by atoms with E-state index in [1.807, 2.05) is 20.8 Å². The Morgan fingerprint density at radius 1 is 1.28 bits per heavy atom. The minimum absolute atomic E-state index is 0.191. The minimum atomic E-state index is -0.950. The van der Waals surface area contributed by atoms with Gasteiger partial charge in [0.25, 0.3) is 0 Å². The van der Waals surface area contributed by atoms with E-state index in [4.69, 9.17) is 4.74 Å². The Kier molecular flexibility index (Phi) is 4.41. The van der Waals surface area contributed by atoms with E-state index in [9.17, 15) is 14.7 Å². The number of carboxylic acids is 1. The molecule has 1 aromatic carbocycles. The fraction of sp³-hybridized carbons (Fsp3) is 0.500. The summed E-state index contributed by atoms with van der Waals surface area (Å²) >= 11 is 0. The molecule has 1 aromatic heterocycles. The molecular weight excluding hydrogens is 322 g/mol. The molecule has 0 radical (unpaired) electrons. The Balaban J connectivity index is 1.73. The highest BCUT2D eigenvalue weighted by Gasteiger charge is 2.29. The van der Waals surface area contributed by atoms with Gasteiger partial charge < -0.3 is 14.7 Å². The number of H-pyrrole nitrogens is 1. The predicted molar refractivity (Wildman–Crippen MR) is 92.8 cm³/mol. The number of hydrogen-bond acceptors (Lipinski definition) is 4. The fourth-order valence-corrected chi connectivity index (χ4v) is 3.14. The Bertz CT molecular complexity index is 798. The molecule has 1 aliphatic heterocycles. The molecule has 0 spiro atoms. The number of nitrogens with one attached hydrogen (secondary N) is 1. The number of hydrogen-bond donors (Lipinski definition) is 2. The first-order valence-electron chi connectivity index (χ1n) is 8.44. The molecule has 0 atom stereocenters. The lowest BCUT2D eigenvalue weighted by atomic mass is 9.91. The normalized spacial score (nSPS) is 16.2. The van der Waals surface area contributed by atoms with Crippen LogP contribution in [0, 0.1) is 0 Å². The summed E-state index contributed by atoms with van der Waals surface area (Å²) in [7, 11) is 0. The van der Waals surface area contributed by atoms with E-state index in [2.05, 4.69) is 10.2 Å². The molecule has 0 unspecified atom stereocenters. The topological polar surface area (TPSA) is 95.5 Å². The molecular formula is C18H23N3O4. The van der Waals surface area contributed by atoms with Crippen molar-refractivity contribution >= 4 is 23.0 Å². The van der Waals surface area contributed by atoms with Gasteiger partial charge in [0, 0.05) is 24.4 Å². The molecule has 134 valence electrons. The Labute approximate surface area is 146 Å². The van der Waals surface area contributed by atoms with Crippen LogP contribution in [0.25, 0.3) is 10.9 Å². The van der Waals surface area contributed by atoms with E-state index < -0.39 is 11.6 Å². The predicted octanol–water partition coefficient (Wildman–Crippen LogP) is 3.38. The smallest absolute Gasteiger partial charge is 0.410 e. The third-order valence-corrected chi connectivity index (χ3v) is 4.37. The molecule has 7 nitrogen and oxygen atoms in total. The molecule has 3 rings (SSSR count). The van der Waals surface area contributed by atoms with Crippen LogP contribution in [0.15, 0.2) is 18.2 Å². The summed E-state index contributed by atoms with van der Waals surface area (Å²) < 4.78 is 5.42. The van der Waals surface area contributed by atoms with Gasteiger partial charge in [-0.2, -0.15) is 5.10 Å². The maximum absolute atomic E-state index is 12.2. The van der Waals surface area contributed by atoms with Crippen LogP contribution in [0.1, 0.15) is 55.6 Å². The van der Waals surface area contributed by atoms with Gasteiger partial charge in [0.1, 0.15) is 5.60 Å². The number of likely N-dealkylation sites (tertiary alicyclic amines) is 1. The number of amides is 1. The van der Waals surface area contributed by atoms with E-state index >= 15 is 0 Å². The molecule has 0 bridgehead atoms. The first-order chi connectivity index (χ1) is 11.7. The van der Waals surface area contributed by atoms with Crippen molar-refractivity contribution in [1.29, 1.82) is 0 Å². The molecule has 2 heterocycles. The van der Waals surface area contributed by atoms with E-state index in [0.717, 1.165) is 29.4 Å². The number of carbonyl (C=O) groups excluding carboxylic acids is 1. The number of ether oxygens (including phenoxy) is 1. The molecule has 1 saturated heterocycles. The SMILES string of the molecule is CC(C)(C)OC(=O)N1CCC(c2n[nH]c3ccc(C(=O)O)cc23)CC1. The third-order valence-electron chi connectivity index (χ3n) is 4.37. The zero-order valence-electron chi connectivity index (χ0n) is 14.7. The second-order valence-corrected chi connectivity index (χ2v) is 7.42. The van der Waals surface area contributed by atoms with Crippen LogP contribution in [0.2, 0.25) is 0 Å². The quantitative estimate of drug-likeness (QED) is 0.870. The van der Waals surface area contributed by atoms with Gasteiger partial charge in [0.15, 0.2) is 0 Å². The van der Waals surface area contributed by atoms with Gasteiger partial charge in [-0.05, 0) is 51.8 Å². The molecule has 2 N–H and O–H groups in total. The summed E-state index contributed by atoms with van der Waals surface area (Å²) in [5.74, 6) is -0.759. The summed E-state index contributed by atoms with van der Waals surface area (Å²) in [6.45, 7) is 6.77. The number of fused-ring (bicyclic) bond motifs is 1. The van der Waals surface area contributed by atoms with Crippen LogP contribution in [0.3, 0.4) is 0 Å². The molecule has 1 amide bonds. The van der Waals surface area contributed by atoms with Gasteiger partial charge in [0.2, 0.25) is 0 Å². The van der Waals surface area contributed by atoms with Crippen molar-refractivity contribution in [3.63, 3.8) is 0 Å². The average Bonchev–Trinajstić information content (AvgIpc) is 2.96.